The minimum atomic E-state index is -0.643. The molecule has 0 aromatic heterocycles. The van der Waals surface area contributed by atoms with Crippen molar-refractivity contribution in [2.75, 3.05) is 23.4 Å². The van der Waals surface area contributed by atoms with Crippen LogP contribution in [0.15, 0.2) is 42.5 Å². The van der Waals surface area contributed by atoms with Gasteiger partial charge in [-0.2, -0.15) is 0 Å². The number of halogens is 2. The number of esters is 1. The Kier molecular flexibility index (Phi) is 5.94. The van der Waals surface area contributed by atoms with Crippen LogP contribution in [0, 0.1) is 18.7 Å². The van der Waals surface area contributed by atoms with Crippen molar-refractivity contribution in [3.63, 3.8) is 0 Å². The number of benzene rings is 2. The van der Waals surface area contributed by atoms with Gasteiger partial charge < -0.3 is 15.0 Å². The van der Waals surface area contributed by atoms with Gasteiger partial charge in [0.2, 0.25) is 5.91 Å². The summed E-state index contributed by atoms with van der Waals surface area (Å²) in [7, 11) is 0. The molecular weight excluding hydrogens is 387 g/mol. The van der Waals surface area contributed by atoms with Gasteiger partial charge in [0.15, 0.2) is 6.61 Å². The van der Waals surface area contributed by atoms with Crippen LogP contribution in [-0.4, -0.2) is 30.9 Å². The topological polar surface area (TPSA) is 75.7 Å². The summed E-state index contributed by atoms with van der Waals surface area (Å²) in [4.78, 5) is 37.9. The number of hydrogen-bond donors (Lipinski definition) is 1. The Morgan fingerprint density at radius 1 is 1.25 bits per heavy atom. The maximum atomic E-state index is 13.0. The maximum absolute atomic E-state index is 13.0. The first-order valence-electron chi connectivity index (χ1n) is 8.62. The van der Waals surface area contributed by atoms with Crippen LogP contribution in [0.1, 0.15) is 12.0 Å². The minimum Gasteiger partial charge on any atom is -0.455 e. The molecule has 2 aromatic carbocycles. The lowest BCUT2D eigenvalue weighted by Crippen LogP contribution is -2.28. The van der Waals surface area contributed by atoms with Crippen LogP contribution in [0.5, 0.6) is 0 Å². The molecule has 2 amide bonds. The standard InChI is InChI=1S/C20H18ClFN2O4/c1-12-2-5-15(6-3-12)24-10-13(8-19(24)26)20(27)28-11-18(25)23-17-7-4-14(22)9-16(17)21/h2-7,9,13H,8,10-11H2,1H3,(H,23,25)/t13-/m1/s1. The van der Waals surface area contributed by atoms with Gasteiger partial charge in [0, 0.05) is 18.7 Å². The van der Waals surface area contributed by atoms with Gasteiger partial charge in [0.25, 0.3) is 5.91 Å². The first kappa shape index (κ1) is 19.8. The number of ether oxygens (including phenoxy) is 1. The second-order valence-corrected chi connectivity index (χ2v) is 6.93. The molecular formula is C20H18ClFN2O4. The average molecular weight is 405 g/mol. The maximum Gasteiger partial charge on any atom is 0.311 e. The third-order valence-electron chi connectivity index (χ3n) is 4.35. The summed E-state index contributed by atoms with van der Waals surface area (Å²) >= 11 is 5.83. The van der Waals surface area contributed by atoms with E-state index < -0.39 is 30.2 Å². The van der Waals surface area contributed by atoms with Gasteiger partial charge in [0.05, 0.1) is 16.6 Å². The molecule has 1 heterocycles. The van der Waals surface area contributed by atoms with Gasteiger partial charge in [-0.25, -0.2) is 4.39 Å². The Labute approximate surface area is 166 Å². The summed E-state index contributed by atoms with van der Waals surface area (Å²) < 4.78 is 18.0. The van der Waals surface area contributed by atoms with Crippen LogP contribution in [0.2, 0.25) is 5.02 Å². The van der Waals surface area contributed by atoms with Crippen molar-refractivity contribution in [1.82, 2.24) is 0 Å². The van der Waals surface area contributed by atoms with E-state index in [2.05, 4.69) is 5.32 Å². The highest BCUT2D eigenvalue weighted by Crippen LogP contribution is 2.26. The molecule has 1 aliphatic heterocycles. The number of aryl methyl sites for hydroxylation is 1. The van der Waals surface area contributed by atoms with E-state index in [0.29, 0.717) is 0 Å². The predicted octanol–water partition coefficient (Wildman–Crippen LogP) is 3.32. The molecule has 1 N–H and O–H groups in total. The zero-order chi connectivity index (χ0) is 20.3. The molecule has 6 nitrogen and oxygen atoms in total. The predicted molar refractivity (Wildman–Crippen MR) is 103 cm³/mol. The van der Waals surface area contributed by atoms with Crippen LogP contribution < -0.4 is 10.2 Å². The molecule has 0 radical (unpaired) electrons. The van der Waals surface area contributed by atoms with Crippen LogP contribution in [0.4, 0.5) is 15.8 Å². The molecule has 2 aromatic rings. The molecule has 146 valence electrons. The molecule has 0 aliphatic carbocycles. The lowest BCUT2D eigenvalue weighted by atomic mass is 10.1. The molecule has 1 fully saturated rings. The third-order valence-corrected chi connectivity index (χ3v) is 4.67. The second-order valence-electron chi connectivity index (χ2n) is 6.52. The molecule has 1 saturated heterocycles. The van der Waals surface area contributed by atoms with Gasteiger partial charge in [-0.1, -0.05) is 29.3 Å². The fourth-order valence-electron chi connectivity index (χ4n) is 2.87. The summed E-state index contributed by atoms with van der Waals surface area (Å²) in [6, 6.07) is 10.9. The van der Waals surface area contributed by atoms with Gasteiger partial charge in [-0.05, 0) is 37.3 Å². The zero-order valence-electron chi connectivity index (χ0n) is 15.1. The first-order valence-corrected chi connectivity index (χ1v) is 9.00. The first-order chi connectivity index (χ1) is 13.3. The Hall–Kier alpha value is -2.93. The van der Waals surface area contributed by atoms with Crippen LogP contribution in [0.25, 0.3) is 0 Å². The minimum absolute atomic E-state index is 0.0259. The van der Waals surface area contributed by atoms with Gasteiger partial charge in [-0.15, -0.1) is 0 Å². The number of carbonyl (C=O) groups is 3. The van der Waals surface area contributed by atoms with E-state index in [9.17, 15) is 18.8 Å². The molecule has 0 bridgehead atoms. The van der Waals surface area contributed by atoms with E-state index in [4.69, 9.17) is 16.3 Å². The summed E-state index contributed by atoms with van der Waals surface area (Å²) in [6.07, 6.45) is 0.0259. The average Bonchev–Trinajstić information content (AvgIpc) is 3.04. The number of nitrogens with zero attached hydrogens (tertiary/aromatic N) is 1. The molecule has 0 unspecified atom stereocenters. The van der Waals surface area contributed by atoms with Crippen molar-refractivity contribution in [3.8, 4) is 0 Å². The largest absolute Gasteiger partial charge is 0.455 e. The Balaban J connectivity index is 1.53. The SMILES string of the molecule is Cc1ccc(N2C[C@H](C(=O)OCC(=O)Nc3ccc(F)cc3Cl)CC2=O)cc1. The van der Waals surface area contributed by atoms with Crippen molar-refractivity contribution in [3.05, 3.63) is 58.9 Å². The Morgan fingerprint density at radius 2 is 1.96 bits per heavy atom. The van der Waals surface area contributed by atoms with Crippen LogP contribution >= 0.6 is 11.6 Å². The van der Waals surface area contributed by atoms with E-state index in [1.54, 1.807) is 0 Å². The van der Waals surface area contributed by atoms with E-state index >= 15 is 0 Å². The summed E-state index contributed by atoms with van der Waals surface area (Å²) in [6.45, 7) is 1.62. The lowest BCUT2D eigenvalue weighted by molar-refractivity contribution is -0.151. The second kappa shape index (κ2) is 8.39. The van der Waals surface area contributed by atoms with Crippen molar-refractivity contribution < 1.29 is 23.5 Å². The van der Waals surface area contributed by atoms with Gasteiger partial charge in [-0.3, -0.25) is 14.4 Å². The summed E-state index contributed by atoms with van der Waals surface area (Å²) in [5.74, 6) is -2.58. The molecule has 1 atom stereocenters. The van der Waals surface area contributed by atoms with Crippen molar-refractivity contribution in [1.29, 1.82) is 0 Å². The lowest BCUT2D eigenvalue weighted by Gasteiger charge is -2.16. The fourth-order valence-corrected chi connectivity index (χ4v) is 3.09. The number of rotatable bonds is 5. The van der Waals surface area contributed by atoms with E-state index in [1.807, 2.05) is 31.2 Å². The number of hydrogen-bond acceptors (Lipinski definition) is 4. The van der Waals surface area contributed by atoms with Crippen LogP contribution in [0.3, 0.4) is 0 Å². The van der Waals surface area contributed by atoms with Crippen molar-refractivity contribution >= 4 is 40.8 Å². The van der Waals surface area contributed by atoms with Gasteiger partial charge >= 0.3 is 5.97 Å². The Morgan fingerprint density at radius 3 is 2.64 bits per heavy atom. The molecule has 3 rings (SSSR count). The third kappa shape index (κ3) is 4.67. The smallest absolute Gasteiger partial charge is 0.311 e. The molecule has 1 aliphatic rings. The van der Waals surface area contributed by atoms with E-state index in [1.165, 1.54) is 11.0 Å². The normalized spacial score (nSPS) is 16.2. The van der Waals surface area contributed by atoms with Gasteiger partial charge in [0.1, 0.15) is 5.82 Å². The number of amides is 2. The highest BCUT2D eigenvalue weighted by Gasteiger charge is 2.36. The highest BCUT2D eigenvalue weighted by atomic mass is 35.5. The van der Waals surface area contributed by atoms with E-state index in [-0.39, 0.29) is 29.6 Å². The monoisotopic (exact) mass is 404 g/mol. The highest BCUT2D eigenvalue weighted by molar-refractivity contribution is 6.33. The molecule has 0 saturated carbocycles. The van der Waals surface area contributed by atoms with Crippen molar-refractivity contribution in [2.45, 2.75) is 13.3 Å². The van der Waals surface area contributed by atoms with Crippen molar-refractivity contribution in [2.24, 2.45) is 5.92 Å². The fraction of sp³-hybridized carbons (Fsp3) is 0.250. The molecule has 8 heteroatoms. The summed E-state index contributed by atoms with van der Waals surface area (Å²) in [5, 5.41) is 2.48. The number of nitrogens with one attached hydrogen (secondary N) is 1. The van der Waals surface area contributed by atoms with E-state index in [0.717, 1.165) is 23.4 Å². The molecule has 28 heavy (non-hydrogen) atoms. The summed E-state index contributed by atoms with van der Waals surface area (Å²) in [5.41, 5.74) is 2.00. The Bertz CT molecular complexity index is 917. The number of anilines is 2. The van der Waals surface area contributed by atoms with Crippen LogP contribution in [-0.2, 0) is 19.1 Å². The quantitative estimate of drug-likeness (QED) is 0.776. The zero-order valence-corrected chi connectivity index (χ0v) is 15.8. The molecule has 0 spiro atoms. The number of carbonyl (C=O) groups excluding carboxylic acids is 3.